The highest BCUT2D eigenvalue weighted by Gasteiger charge is 2.35. The van der Waals surface area contributed by atoms with E-state index in [4.69, 9.17) is 4.74 Å². The molecule has 17 heavy (non-hydrogen) atoms. The van der Waals surface area contributed by atoms with Gasteiger partial charge in [-0.25, -0.2) is 0 Å². The Morgan fingerprint density at radius 1 is 1.29 bits per heavy atom. The molecule has 2 fully saturated rings. The smallest absolute Gasteiger partial charge is 0.0651 e. The number of rotatable bonds is 4. The fraction of sp³-hybridized carbons (Fsp3) is 1.00. The predicted molar refractivity (Wildman–Crippen MR) is 70.0 cm³/mol. The van der Waals surface area contributed by atoms with Gasteiger partial charge in [-0.2, -0.15) is 0 Å². The lowest BCUT2D eigenvalue weighted by Crippen LogP contribution is -2.37. The highest BCUT2D eigenvalue weighted by atomic mass is 16.5. The third kappa shape index (κ3) is 3.69. The van der Waals surface area contributed by atoms with Crippen LogP contribution in [0.5, 0.6) is 0 Å². The molecule has 100 valence electrons. The van der Waals surface area contributed by atoms with E-state index in [1.54, 1.807) is 0 Å². The molecule has 3 unspecified atom stereocenters. The summed E-state index contributed by atoms with van der Waals surface area (Å²) in [5.74, 6) is 1.43. The van der Waals surface area contributed by atoms with Gasteiger partial charge in [-0.15, -0.1) is 0 Å². The summed E-state index contributed by atoms with van der Waals surface area (Å²) in [5.41, 5.74) is -0.390. The molecule has 1 aliphatic carbocycles. The minimum Gasteiger partial charge on any atom is -0.390 e. The van der Waals surface area contributed by atoms with E-state index in [2.05, 4.69) is 13.8 Å². The molecular formula is C15H28O2. The standard InChI is InChI=1S/C15H28O2/c1-12(2)13-5-3-8-15(16,11-13)9-7-14-6-4-10-17-14/h12-14,16H,3-11H2,1-2H3. The summed E-state index contributed by atoms with van der Waals surface area (Å²) >= 11 is 0. The average molecular weight is 240 g/mol. The van der Waals surface area contributed by atoms with Crippen molar-refractivity contribution in [3.05, 3.63) is 0 Å². The summed E-state index contributed by atoms with van der Waals surface area (Å²) < 4.78 is 5.65. The van der Waals surface area contributed by atoms with Gasteiger partial charge in [0.1, 0.15) is 0 Å². The Morgan fingerprint density at radius 3 is 2.76 bits per heavy atom. The first-order valence-corrected chi connectivity index (χ1v) is 7.43. The summed E-state index contributed by atoms with van der Waals surface area (Å²) in [6, 6.07) is 0. The molecule has 1 saturated heterocycles. The lowest BCUT2D eigenvalue weighted by atomic mass is 9.72. The lowest BCUT2D eigenvalue weighted by molar-refractivity contribution is -0.0417. The zero-order valence-electron chi connectivity index (χ0n) is 11.5. The van der Waals surface area contributed by atoms with Crippen molar-refractivity contribution in [2.75, 3.05) is 6.61 Å². The predicted octanol–water partition coefficient (Wildman–Crippen LogP) is 3.52. The Morgan fingerprint density at radius 2 is 2.12 bits per heavy atom. The second-order valence-electron chi connectivity index (χ2n) is 6.50. The molecule has 1 aliphatic heterocycles. The van der Waals surface area contributed by atoms with E-state index >= 15 is 0 Å². The quantitative estimate of drug-likeness (QED) is 0.814. The van der Waals surface area contributed by atoms with Crippen LogP contribution >= 0.6 is 0 Å². The maximum Gasteiger partial charge on any atom is 0.0651 e. The van der Waals surface area contributed by atoms with Gasteiger partial charge in [-0.1, -0.05) is 20.3 Å². The van der Waals surface area contributed by atoms with Gasteiger partial charge in [0, 0.05) is 6.61 Å². The van der Waals surface area contributed by atoms with Gasteiger partial charge in [0.2, 0.25) is 0 Å². The Kier molecular flexibility index (Phi) is 4.48. The van der Waals surface area contributed by atoms with Gasteiger partial charge < -0.3 is 9.84 Å². The number of aliphatic hydroxyl groups is 1. The molecular weight excluding hydrogens is 212 g/mol. The van der Waals surface area contributed by atoms with Crippen LogP contribution in [0.15, 0.2) is 0 Å². The van der Waals surface area contributed by atoms with Crippen molar-refractivity contribution in [2.24, 2.45) is 11.8 Å². The van der Waals surface area contributed by atoms with Crippen molar-refractivity contribution in [1.29, 1.82) is 0 Å². The highest BCUT2D eigenvalue weighted by Crippen LogP contribution is 2.39. The van der Waals surface area contributed by atoms with E-state index < -0.39 is 0 Å². The Balaban J connectivity index is 1.80. The summed E-state index contributed by atoms with van der Waals surface area (Å²) in [4.78, 5) is 0. The van der Waals surface area contributed by atoms with Gasteiger partial charge in [0.05, 0.1) is 11.7 Å². The van der Waals surface area contributed by atoms with E-state index in [1.807, 2.05) is 0 Å². The van der Waals surface area contributed by atoms with Crippen LogP contribution in [0.25, 0.3) is 0 Å². The van der Waals surface area contributed by atoms with E-state index in [0.29, 0.717) is 12.0 Å². The molecule has 0 aromatic heterocycles. The molecule has 0 aromatic rings. The third-order valence-corrected chi connectivity index (χ3v) is 4.76. The van der Waals surface area contributed by atoms with Crippen LogP contribution in [-0.4, -0.2) is 23.4 Å². The van der Waals surface area contributed by atoms with Crippen molar-refractivity contribution in [3.8, 4) is 0 Å². The molecule has 0 amide bonds. The van der Waals surface area contributed by atoms with Crippen LogP contribution in [-0.2, 0) is 4.74 Å². The zero-order valence-corrected chi connectivity index (χ0v) is 11.5. The molecule has 1 saturated carbocycles. The Labute approximate surface area is 106 Å². The van der Waals surface area contributed by atoms with E-state index in [9.17, 15) is 5.11 Å². The fourth-order valence-corrected chi connectivity index (χ4v) is 3.48. The Hall–Kier alpha value is -0.0800. The van der Waals surface area contributed by atoms with Gasteiger partial charge in [-0.05, 0) is 56.8 Å². The monoisotopic (exact) mass is 240 g/mol. The van der Waals surface area contributed by atoms with Crippen LogP contribution in [0.3, 0.4) is 0 Å². The lowest BCUT2D eigenvalue weighted by Gasteiger charge is -2.39. The Bertz CT molecular complexity index is 233. The molecule has 0 radical (unpaired) electrons. The van der Waals surface area contributed by atoms with Crippen molar-refractivity contribution in [1.82, 2.24) is 0 Å². The van der Waals surface area contributed by atoms with Crippen LogP contribution in [0.2, 0.25) is 0 Å². The number of hydrogen-bond donors (Lipinski definition) is 1. The van der Waals surface area contributed by atoms with Gasteiger partial charge in [0.15, 0.2) is 0 Å². The zero-order chi connectivity index (χ0) is 12.3. The van der Waals surface area contributed by atoms with Gasteiger partial charge in [0.25, 0.3) is 0 Å². The largest absolute Gasteiger partial charge is 0.390 e. The first-order chi connectivity index (χ1) is 8.09. The number of ether oxygens (including phenoxy) is 1. The van der Waals surface area contributed by atoms with Crippen molar-refractivity contribution in [2.45, 2.75) is 76.9 Å². The summed E-state index contributed by atoms with van der Waals surface area (Å²) in [5, 5.41) is 10.7. The van der Waals surface area contributed by atoms with Gasteiger partial charge >= 0.3 is 0 Å². The van der Waals surface area contributed by atoms with Crippen LogP contribution in [0.1, 0.15) is 65.2 Å². The molecule has 0 bridgehead atoms. The van der Waals surface area contributed by atoms with Crippen molar-refractivity contribution < 1.29 is 9.84 Å². The van der Waals surface area contributed by atoms with Crippen molar-refractivity contribution in [3.63, 3.8) is 0 Å². The normalized spacial score (nSPS) is 38.8. The minimum absolute atomic E-state index is 0.390. The molecule has 2 heteroatoms. The average Bonchev–Trinajstić information content (AvgIpc) is 2.79. The first-order valence-electron chi connectivity index (χ1n) is 7.43. The van der Waals surface area contributed by atoms with E-state index in [1.165, 1.54) is 25.7 Å². The van der Waals surface area contributed by atoms with Crippen LogP contribution in [0.4, 0.5) is 0 Å². The maximum atomic E-state index is 10.7. The van der Waals surface area contributed by atoms with Crippen LogP contribution < -0.4 is 0 Å². The molecule has 1 N–H and O–H groups in total. The highest BCUT2D eigenvalue weighted by molar-refractivity contribution is 4.88. The summed E-state index contributed by atoms with van der Waals surface area (Å²) in [6.45, 7) is 5.50. The summed E-state index contributed by atoms with van der Waals surface area (Å²) in [7, 11) is 0. The van der Waals surface area contributed by atoms with E-state index in [0.717, 1.165) is 38.2 Å². The second-order valence-corrected chi connectivity index (χ2v) is 6.50. The number of hydrogen-bond acceptors (Lipinski definition) is 2. The minimum atomic E-state index is -0.390. The first kappa shape index (κ1) is 13.4. The third-order valence-electron chi connectivity index (χ3n) is 4.76. The second kappa shape index (κ2) is 5.71. The molecule has 3 atom stereocenters. The van der Waals surface area contributed by atoms with Gasteiger partial charge in [-0.3, -0.25) is 0 Å². The fourth-order valence-electron chi connectivity index (χ4n) is 3.48. The maximum absolute atomic E-state index is 10.7. The topological polar surface area (TPSA) is 29.5 Å². The molecule has 1 heterocycles. The summed E-state index contributed by atoms with van der Waals surface area (Å²) in [6.07, 6.45) is 9.35. The molecule has 2 nitrogen and oxygen atoms in total. The molecule has 0 spiro atoms. The van der Waals surface area contributed by atoms with Crippen LogP contribution in [0, 0.1) is 11.8 Å². The van der Waals surface area contributed by atoms with E-state index in [-0.39, 0.29) is 5.60 Å². The van der Waals surface area contributed by atoms with Crippen molar-refractivity contribution >= 4 is 0 Å². The molecule has 2 rings (SSSR count). The SMILES string of the molecule is CC(C)C1CCCC(O)(CCC2CCCO2)C1. The molecule has 2 aliphatic rings. The molecule has 0 aromatic carbocycles.